The summed E-state index contributed by atoms with van der Waals surface area (Å²) >= 11 is 1.75. The van der Waals surface area contributed by atoms with Gasteiger partial charge in [0.1, 0.15) is 5.82 Å². The van der Waals surface area contributed by atoms with Crippen LogP contribution >= 0.6 is 11.8 Å². The Kier molecular flexibility index (Phi) is 5.29. The minimum absolute atomic E-state index is 0.247. The molecular formula is C13H19FOS. The van der Waals surface area contributed by atoms with E-state index in [1.165, 1.54) is 12.1 Å². The molecule has 3 heteroatoms. The maximum Gasteiger partial charge on any atom is 0.123 e. The number of rotatable bonds is 5. The number of aliphatic hydroxyl groups is 1. The zero-order valence-corrected chi connectivity index (χ0v) is 10.9. The summed E-state index contributed by atoms with van der Waals surface area (Å²) in [6.45, 7) is 6.11. The lowest BCUT2D eigenvalue weighted by atomic mass is 10.0. The van der Waals surface area contributed by atoms with E-state index in [4.69, 9.17) is 0 Å². The Labute approximate surface area is 101 Å². The standard InChI is InChI=1S/C13H19FOS/c1-4-10(3)16-8-13(15)12-6-5-11(14)7-9(12)2/h5-7,10,13,15H,4,8H2,1-3H3. The van der Waals surface area contributed by atoms with Gasteiger partial charge in [-0.1, -0.05) is 19.9 Å². The van der Waals surface area contributed by atoms with Crippen molar-refractivity contribution in [3.05, 3.63) is 35.1 Å². The van der Waals surface area contributed by atoms with Crippen LogP contribution in [0.3, 0.4) is 0 Å². The largest absolute Gasteiger partial charge is 0.388 e. The first kappa shape index (κ1) is 13.5. The zero-order valence-electron chi connectivity index (χ0n) is 10.0. The molecule has 2 unspecified atom stereocenters. The summed E-state index contributed by atoms with van der Waals surface area (Å²) in [5, 5.41) is 10.5. The SMILES string of the molecule is CCC(C)SCC(O)c1ccc(F)cc1C. The van der Waals surface area contributed by atoms with Gasteiger partial charge in [-0.15, -0.1) is 0 Å². The molecule has 0 aliphatic rings. The first-order valence-corrected chi connectivity index (χ1v) is 6.65. The topological polar surface area (TPSA) is 20.2 Å². The molecule has 1 N–H and O–H groups in total. The summed E-state index contributed by atoms with van der Waals surface area (Å²) in [5.41, 5.74) is 1.65. The zero-order chi connectivity index (χ0) is 12.1. The number of benzene rings is 1. The van der Waals surface area contributed by atoms with Gasteiger partial charge in [0.25, 0.3) is 0 Å². The van der Waals surface area contributed by atoms with E-state index >= 15 is 0 Å². The van der Waals surface area contributed by atoms with Crippen LogP contribution in [0.2, 0.25) is 0 Å². The highest BCUT2D eigenvalue weighted by Crippen LogP contribution is 2.25. The van der Waals surface area contributed by atoms with Crippen LogP contribution in [-0.2, 0) is 0 Å². The highest BCUT2D eigenvalue weighted by atomic mass is 32.2. The van der Waals surface area contributed by atoms with Crippen molar-refractivity contribution in [3.63, 3.8) is 0 Å². The molecule has 0 heterocycles. The molecule has 0 aromatic heterocycles. The average Bonchev–Trinajstić information content (AvgIpc) is 2.25. The highest BCUT2D eigenvalue weighted by Gasteiger charge is 2.12. The van der Waals surface area contributed by atoms with Crippen LogP contribution in [0.25, 0.3) is 0 Å². The molecular weight excluding hydrogens is 223 g/mol. The van der Waals surface area contributed by atoms with Gasteiger partial charge in [0.05, 0.1) is 6.10 Å². The summed E-state index contributed by atoms with van der Waals surface area (Å²) in [5.74, 6) is 0.421. The molecule has 1 aromatic carbocycles. The third-order valence-electron chi connectivity index (χ3n) is 2.70. The molecule has 0 fully saturated rings. The molecule has 1 nitrogen and oxygen atoms in total. The predicted octanol–water partition coefficient (Wildman–Crippen LogP) is 3.70. The van der Waals surface area contributed by atoms with Crippen molar-refractivity contribution in [3.8, 4) is 0 Å². The highest BCUT2D eigenvalue weighted by molar-refractivity contribution is 7.99. The quantitative estimate of drug-likeness (QED) is 0.849. The van der Waals surface area contributed by atoms with Crippen LogP contribution < -0.4 is 0 Å². The number of hydrogen-bond donors (Lipinski definition) is 1. The van der Waals surface area contributed by atoms with Gasteiger partial charge >= 0.3 is 0 Å². The fourth-order valence-electron chi connectivity index (χ4n) is 1.48. The maximum absolute atomic E-state index is 12.9. The van der Waals surface area contributed by atoms with Crippen molar-refractivity contribution in [1.29, 1.82) is 0 Å². The Morgan fingerprint density at radius 1 is 1.44 bits per heavy atom. The molecule has 0 amide bonds. The van der Waals surface area contributed by atoms with E-state index in [1.54, 1.807) is 17.8 Å². The van der Waals surface area contributed by atoms with Gasteiger partial charge in [0.15, 0.2) is 0 Å². The molecule has 0 spiro atoms. The molecule has 0 aliphatic heterocycles. The van der Waals surface area contributed by atoms with E-state index in [9.17, 15) is 9.50 Å². The molecule has 0 radical (unpaired) electrons. The van der Waals surface area contributed by atoms with E-state index in [0.29, 0.717) is 11.0 Å². The Morgan fingerprint density at radius 3 is 2.69 bits per heavy atom. The van der Waals surface area contributed by atoms with Gasteiger partial charge in [-0.3, -0.25) is 0 Å². The third-order valence-corrected chi connectivity index (χ3v) is 4.11. The normalized spacial score (nSPS) is 14.8. The number of aliphatic hydroxyl groups excluding tert-OH is 1. The number of hydrogen-bond acceptors (Lipinski definition) is 2. The lowest BCUT2D eigenvalue weighted by Gasteiger charge is -2.15. The summed E-state index contributed by atoms with van der Waals surface area (Å²) in [7, 11) is 0. The maximum atomic E-state index is 12.9. The van der Waals surface area contributed by atoms with Crippen LogP contribution in [0.15, 0.2) is 18.2 Å². The molecule has 16 heavy (non-hydrogen) atoms. The second-order valence-corrected chi connectivity index (χ2v) is 5.54. The monoisotopic (exact) mass is 242 g/mol. The number of thioether (sulfide) groups is 1. The fourth-order valence-corrected chi connectivity index (χ4v) is 2.40. The lowest BCUT2D eigenvalue weighted by molar-refractivity contribution is 0.203. The van der Waals surface area contributed by atoms with E-state index in [2.05, 4.69) is 13.8 Å². The summed E-state index contributed by atoms with van der Waals surface area (Å²) in [6.07, 6.45) is 0.597. The van der Waals surface area contributed by atoms with Crippen LogP contribution in [0, 0.1) is 12.7 Å². The van der Waals surface area contributed by atoms with Gasteiger partial charge in [-0.25, -0.2) is 4.39 Å². The van der Waals surface area contributed by atoms with Gasteiger partial charge in [-0.05, 0) is 36.6 Å². The van der Waals surface area contributed by atoms with Crippen LogP contribution in [-0.4, -0.2) is 16.1 Å². The van der Waals surface area contributed by atoms with E-state index in [-0.39, 0.29) is 5.82 Å². The van der Waals surface area contributed by atoms with Crippen molar-refractivity contribution in [2.24, 2.45) is 0 Å². The van der Waals surface area contributed by atoms with Crippen molar-refractivity contribution < 1.29 is 9.50 Å². The second kappa shape index (κ2) is 6.26. The summed E-state index contributed by atoms with van der Waals surface area (Å²) < 4.78 is 12.9. The molecule has 2 atom stereocenters. The van der Waals surface area contributed by atoms with Crippen molar-refractivity contribution >= 4 is 11.8 Å². The Balaban J connectivity index is 2.62. The smallest absolute Gasteiger partial charge is 0.123 e. The number of aryl methyl sites for hydroxylation is 1. The molecule has 1 rings (SSSR count). The average molecular weight is 242 g/mol. The van der Waals surface area contributed by atoms with Crippen molar-refractivity contribution in [1.82, 2.24) is 0 Å². The molecule has 0 saturated heterocycles. The molecule has 0 saturated carbocycles. The molecule has 90 valence electrons. The minimum atomic E-state index is -0.500. The summed E-state index contributed by atoms with van der Waals surface area (Å²) in [4.78, 5) is 0. The van der Waals surface area contributed by atoms with Crippen molar-refractivity contribution in [2.45, 2.75) is 38.5 Å². The number of halogens is 1. The first-order chi connectivity index (χ1) is 7.54. The van der Waals surface area contributed by atoms with E-state index < -0.39 is 6.10 Å². The summed E-state index contributed by atoms with van der Waals surface area (Å²) in [6, 6.07) is 4.54. The molecule has 0 aliphatic carbocycles. The van der Waals surface area contributed by atoms with Crippen LogP contribution in [0.1, 0.15) is 37.5 Å². The van der Waals surface area contributed by atoms with Crippen LogP contribution in [0.4, 0.5) is 4.39 Å². The van der Waals surface area contributed by atoms with E-state index in [0.717, 1.165) is 17.5 Å². The van der Waals surface area contributed by atoms with Gasteiger partial charge in [-0.2, -0.15) is 11.8 Å². The minimum Gasteiger partial charge on any atom is -0.388 e. The predicted molar refractivity (Wildman–Crippen MR) is 68.3 cm³/mol. The van der Waals surface area contributed by atoms with E-state index in [1.807, 2.05) is 6.92 Å². The molecule has 0 bridgehead atoms. The van der Waals surface area contributed by atoms with Gasteiger partial charge in [0.2, 0.25) is 0 Å². The Bertz CT molecular complexity index is 341. The Hall–Kier alpha value is -0.540. The second-order valence-electron chi connectivity index (χ2n) is 4.07. The molecule has 1 aromatic rings. The van der Waals surface area contributed by atoms with Crippen LogP contribution in [0.5, 0.6) is 0 Å². The third kappa shape index (κ3) is 3.80. The van der Waals surface area contributed by atoms with Crippen molar-refractivity contribution in [2.75, 3.05) is 5.75 Å². The fraction of sp³-hybridized carbons (Fsp3) is 0.538. The lowest BCUT2D eigenvalue weighted by Crippen LogP contribution is -2.06. The Morgan fingerprint density at radius 2 is 2.12 bits per heavy atom. The first-order valence-electron chi connectivity index (χ1n) is 5.60. The van der Waals surface area contributed by atoms with Gasteiger partial charge < -0.3 is 5.11 Å². The van der Waals surface area contributed by atoms with Gasteiger partial charge in [0, 0.05) is 11.0 Å².